The van der Waals surface area contributed by atoms with Crippen LogP contribution in [-0.2, 0) is 18.2 Å². The van der Waals surface area contributed by atoms with E-state index in [-0.39, 0.29) is 5.56 Å². The minimum Gasteiger partial charge on any atom is -0.496 e. The Kier molecular flexibility index (Phi) is 6.59. The molecule has 0 aliphatic heterocycles. The summed E-state index contributed by atoms with van der Waals surface area (Å²) < 4.78 is 22.8. The summed E-state index contributed by atoms with van der Waals surface area (Å²) in [7, 11) is 4.43. The van der Waals surface area contributed by atoms with Gasteiger partial charge in [0, 0.05) is 20.4 Å². The quantitative estimate of drug-likeness (QED) is 0.363. The van der Waals surface area contributed by atoms with Gasteiger partial charge in [-0.1, -0.05) is 6.08 Å². The second kappa shape index (κ2) is 9.61. The van der Waals surface area contributed by atoms with Crippen molar-refractivity contribution in [3.05, 3.63) is 80.3 Å². The highest BCUT2D eigenvalue weighted by Crippen LogP contribution is 2.34. The molecule has 0 amide bonds. The average Bonchev–Trinajstić information content (AvgIpc) is 3.38. The smallest absolute Gasteiger partial charge is 0.341 e. The molecule has 182 valence electrons. The van der Waals surface area contributed by atoms with E-state index in [1.54, 1.807) is 20.0 Å². The topological polar surface area (TPSA) is 110 Å². The number of hydrogen-bond acceptors (Lipinski definition) is 8. The van der Waals surface area contributed by atoms with Gasteiger partial charge in [-0.05, 0) is 72.4 Å². The number of aryl methyl sites for hydroxylation is 5. The number of fused-ring (bicyclic) bond motifs is 1. The van der Waals surface area contributed by atoms with E-state index in [0.717, 1.165) is 27.8 Å². The Morgan fingerprint density at radius 3 is 2.43 bits per heavy atom. The van der Waals surface area contributed by atoms with Crippen molar-refractivity contribution in [2.45, 2.75) is 33.6 Å². The zero-order valence-electron chi connectivity index (χ0n) is 20.6. The normalized spacial score (nSPS) is 11.8. The highest BCUT2D eigenvalue weighted by atomic mass is 16.5. The van der Waals surface area contributed by atoms with Gasteiger partial charge in [-0.2, -0.15) is 4.74 Å². The number of nitrogens with zero attached hydrogens (tertiary/aromatic N) is 3. The van der Waals surface area contributed by atoms with E-state index in [4.69, 9.17) is 18.4 Å². The summed E-state index contributed by atoms with van der Waals surface area (Å²) in [5, 5.41) is 8.43. The molecule has 0 aliphatic carbocycles. The van der Waals surface area contributed by atoms with Crippen LogP contribution in [0, 0.1) is 20.8 Å². The largest absolute Gasteiger partial charge is 0.496 e. The highest BCUT2D eigenvalue weighted by molar-refractivity contribution is 5.96. The number of hydrogen-bond donors (Lipinski definition) is 0. The lowest BCUT2D eigenvalue weighted by molar-refractivity contribution is 0.0597. The van der Waals surface area contributed by atoms with Crippen LogP contribution < -0.4 is 10.3 Å². The molecular weight excluding hydrogens is 450 g/mol. The van der Waals surface area contributed by atoms with Crippen LogP contribution in [0.4, 0.5) is 0 Å². The Hall–Kier alpha value is -4.14. The molecule has 0 spiro atoms. The third-order valence-electron chi connectivity index (χ3n) is 5.80. The van der Waals surface area contributed by atoms with E-state index in [2.05, 4.69) is 10.2 Å². The lowest BCUT2D eigenvalue weighted by Gasteiger charge is -2.16. The second-order valence-corrected chi connectivity index (χ2v) is 8.30. The molecule has 2 heterocycles. The standard InChI is InChI=1S/C26H27N3O6/c1-14-10-18(13-21(23(14)32-5)26(31)33-6)19(8-7-9-22-28-27-16(3)34-22)17-11-15(2)24-20(12-17)25(30)29(4)35-24/h8,10-13H,7,9H2,1-6H3/b19-8-. The number of benzene rings is 2. The number of ether oxygens (including phenoxy) is 2. The van der Waals surface area contributed by atoms with Crippen LogP contribution in [0.25, 0.3) is 16.5 Å². The first-order chi connectivity index (χ1) is 16.7. The second-order valence-electron chi connectivity index (χ2n) is 8.30. The molecule has 35 heavy (non-hydrogen) atoms. The fourth-order valence-corrected chi connectivity index (χ4v) is 4.20. The molecule has 0 aliphatic rings. The first-order valence-corrected chi connectivity index (χ1v) is 11.1. The Labute approximate surface area is 201 Å². The van der Waals surface area contributed by atoms with E-state index in [1.807, 2.05) is 38.1 Å². The van der Waals surface area contributed by atoms with Gasteiger partial charge in [0.2, 0.25) is 11.8 Å². The van der Waals surface area contributed by atoms with Gasteiger partial charge in [-0.15, -0.1) is 10.2 Å². The summed E-state index contributed by atoms with van der Waals surface area (Å²) in [4.78, 5) is 25.2. The molecule has 2 aromatic carbocycles. The van der Waals surface area contributed by atoms with Crippen molar-refractivity contribution in [2.75, 3.05) is 14.2 Å². The van der Waals surface area contributed by atoms with E-state index < -0.39 is 5.97 Å². The van der Waals surface area contributed by atoms with Gasteiger partial charge in [0.25, 0.3) is 5.56 Å². The Morgan fingerprint density at radius 1 is 1.06 bits per heavy atom. The SMILES string of the molecule is COC(=O)c1cc(/C(=C\CCc2nnc(C)o2)c2cc(C)c3on(C)c(=O)c3c2)cc(C)c1OC. The van der Waals surface area contributed by atoms with Crippen molar-refractivity contribution in [1.29, 1.82) is 0 Å². The minimum absolute atomic E-state index is 0.216. The molecule has 4 rings (SSSR count). The summed E-state index contributed by atoms with van der Waals surface area (Å²) in [6, 6.07) is 7.47. The van der Waals surface area contributed by atoms with Crippen molar-refractivity contribution in [2.24, 2.45) is 7.05 Å². The van der Waals surface area contributed by atoms with Crippen molar-refractivity contribution in [3.8, 4) is 5.75 Å². The summed E-state index contributed by atoms with van der Waals surface area (Å²) in [6.07, 6.45) is 3.17. The monoisotopic (exact) mass is 477 g/mol. The molecule has 0 fully saturated rings. The zero-order valence-corrected chi connectivity index (χ0v) is 20.6. The van der Waals surface area contributed by atoms with Crippen LogP contribution in [0.3, 0.4) is 0 Å². The van der Waals surface area contributed by atoms with Crippen molar-refractivity contribution in [1.82, 2.24) is 14.9 Å². The van der Waals surface area contributed by atoms with Crippen LogP contribution in [-0.4, -0.2) is 35.1 Å². The summed E-state index contributed by atoms with van der Waals surface area (Å²) in [5.41, 5.74) is 4.69. The molecule has 0 atom stereocenters. The maximum Gasteiger partial charge on any atom is 0.341 e. The number of carbonyl (C=O) groups excluding carboxylic acids is 1. The molecule has 2 aromatic heterocycles. The maximum atomic E-state index is 12.7. The molecule has 0 radical (unpaired) electrons. The van der Waals surface area contributed by atoms with Gasteiger partial charge in [0.15, 0.2) is 5.58 Å². The van der Waals surface area contributed by atoms with Crippen molar-refractivity contribution < 1.29 is 23.2 Å². The van der Waals surface area contributed by atoms with E-state index >= 15 is 0 Å². The fraction of sp³-hybridized carbons (Fsp3) is 0.308. The van der Waals surface area contributed by atoms with E-state index in [0.29, 0.717) is 46.9 Å². The molecule has 9 heteroatoms. The van der Waals surface area contributed by atoms with Crippen molar-refractivity contribution in [3.63, 3.8) is 0 Å². The molecule has 4 aromatic rings. The lowest BCUT2D eigenvalue weighted by Crippen LogP contribution is -2.09. The molecule has 0 bridgehead atoms. The van der Waals surface area contributed by atoms with Crippen LogP contribution in [0.2, 0.25) is 0 Å². The Bertz CT molecular complexity index is 1510. The summed E-state index contributed by atoms with van der Waals surface area (Å²) >= 11 is 0. The van der Waals surface area contributed by atoms with E-state index in [9.17, 15) is 9.59 Å². The third-order valence-corrected chi connectivity index (χ3v) is 5.80. The number of esters is 1. The summed E-state index contributed by atoms with van der Waals surface area (Å²) in [5.74, 6) is 1.00. The first-order valence-electron chi connectivity index (χ1n) is 11.1. The predicted octanol–water partition coefficient (Wildman–Crippen LogP) is 4.30. The summed E-state index contributed by atoms with van der Waals surface area (Å²) in [6.45, 7) is 5.51. The molecule has 0 saturated carbocycles. The Morgan fingerprint density at radius 2 is 1.77 bits per heavy atom. The van der Waals surface area contributed by atoms with Crippen LogP contribution >= 0.6 is 0 Å². The van der Waals surface area contributed by atoms with Gasteiger partial charge >= 0.3 is 5.97 Å². The average molecular weight is 478 g/mol. The number of allylic oxidation sites excluding steroid dienone is 1. The highest BCUT2D eigenvalue weighted by Gasteiger charge is 2.20. The van der Waals surface area contributed by atoms with Crippen LogP contribution in [0.5, 0.6) is 5.75 Å². The van der Waals surface area contributed by atoms with Crippen LogP contribution in [0.1, 0.15) is 50.8 Å². The number of aromatic nitrogens is 3. The maximum absolute atomic E-state index is 12.7. The molecule has 0 saturated heterocycles. The first kappa shape index (κ1) is 24.0. The zero-order chi connectivity index (χ0) is 25.3. The minimum atomic E-state index is -0.497. The van der Waals surface area contributed by atoms with E-state index in [1.165, 1.54) is 19.0 Å². The fourth-order valence-electron chi connectivity index (χ4n) is 4.20. The molecule has 9 nitrogen and oxygen atoms in total. The number of methoxy groups -OCH3 is 2. The van der Waals surface area contributed by atoms with Crippen LogP contribution in [0.15, 0.2) is 44.1 Å². The van der Waals surface area contributed by atoms with Gasteiger partial charge in [-0.25, -0.2) is 4.79 Å². The number of carbonyl (C=O) groups is 1. The van der Waals surface area contributed by atoms with Gasteiger partial charge in [0.1, 0.15) is 11.3 Å². The van der Waals surface area contributed by atoms with Gasteiger partial charge < -0.3 is 18.4 Å². The van der Waals surface area contributed by atoms with Crippen molar-refractivity contribution >= 4 is 22.5 Å². The lowest BCUT2D eigenvalue weighted by atomic mass is 9.91. The molecular formula is C26H27N3O6. The van der Waals surface area contributed by atoms with Gasteiger partial charge in [0.05, 0.1) is 19.6 Å². The number of rotatable bonds is 7. The predicted molar refractivity (Wildman–Crippen MR) is 130 cm³/mol. The third kappa shape index (κ3) is 4.62. The molecule has 0 unspecified atom stereocenters. The molecule has 0 N–H and O–H groups in total. The van der Waals surface area contributed by atoms with Gasteiger partial charge in [-0.3, -0.25) is 4.79 Å². The Balaban J connectivity index is 1.89.